The maximum atomic E-state index is 11.7. The van der Waals surface area contributed by atoms with E-state index >= 15 is 0 Å². The van der Waals surface area contributed by atoms with Crippen molar-refractivity contribution < 1.29 is 24.2 Å². The summed E-state index contributed by atoms with van der Waals surface area (Å²) in [6, 6.07) is 0. The average molecular weight is 329 g/mol. The van der Waals surface area contributed by atoms with Crippen molar-refractivity contribution in [3.8, 4) is 0 Å². The largest absolute Gasteiger partial charge is 0.479 e. The number of amides is 1. The first-order valence-corrected chi connectivity index (χ1v) is 10.3. The topological polar surface area (TPSA) is 87.1 Å². The molecule has 0 spiro atoms. The zero-order chi connectivity index (χ0) is 17.3. The minimum atomic E-state index is -2.09. The van der Waals surface area contributed by atoms with Crippen molar-refractivity contribution in [2.24, 2.45) is 0 Å². The fourth-order valence-corrected chi connectivity index (χ4v) is 3.93. The Morgan fingerprint density at radius 1 is 1.41 bits per heavy atom. The Labute approximate surface area is 132 Å². The lowest BCUT2D eigenvalue weighted by Crippen LogP contribution is -2.52. The van der Waals surface area contributed by atoms with Gasteiger partial charge in [-0.2, -0.15) is 0 Å². The van der Waals surface area contributed by atoms with Gasteiger partial charge in [0.05, 0.1) is 12.6 Å². The summed E-state index contributed by atoms with van der Waals surface area (Å²) in [6.45, 7) is 14.1. The van der Waals surface area contributed by atoms with Gasteiger partial charge in [0, 0.05) is 6.42 Å². The van der Waals surface area contributed by atoms with E-state index in [1.54, 1.807) is 0 Å². The molecule has 0 unspecified atom stereocenters. The van der Waals surface area contributed by atoms with Crippen molar-refractivity contribution >= 4 is 20.4 Å². The molecule has 22 heavy (non-hydrogen) atoms. The second kappa shape index (κ2) is 6.04. The van der Waals surface area contributed by atoms with E-state index in [1.807, 2.05) is 0 Å². The average Bonchev–Trinajstić information content (AvgIpc) is 2.67. The lowest BCUT2D eigenvalue weighted by molar-refractivity contribution is -0.148. The van der Waals surface area contributed by atoms with Gasteiger partial charge in [-0.3, -0.25) is 4.90 Å². The molecule has 0 bridgehead atoms. The van der Waals surface area contributed by atoms with E-state index in [-0.39, 0.29) is 24.4 Å². The van der Waals surface area contributed by atoms with Gasteiger partial charge in [-0.15, -0.1) is 6.58 Å². The molecule has 1 aliphatic heterocycles. The minimum Gasteiger partial charge on any atom is -0.479 e. The smallest absolute Gasteiger partial charge is 0.408 e. The Morgan fingerprint density at radius 2 is 1.95 bits per heavy atom. The van der Waals surface area contributed by atoms with Gasteiger partial charge in [0.15, 0.2) is 8.32 Å². The summed E-state index contributed by atoms with van der Waals surface area (Å²) in [6.07, 6.45) is 0.0661. The summed E-state index contributed by atoms with van der Waals surface area (Å²) in [7, 11) is -2.09. The van der Waals surface area contributed by atoms with Crippen LogP contribution in [0.2, 0.25) is 18.1 Å². The number of likely N-dealkylation sites (tertiary alicyclic amines) is 1. The number of hydrogen-bond acceptors (Lipinski definition) is 3. The maximum absolute atomic E-state index is 11.7. The molecule has 0 aromatic heterocycles. The number of carbonyl (C=O) groups is 2. The van der Waals surface area contributed by atoms with Crippen LogP contribution in [-0.2, 0) is 9.22 Å². The van der Waals surface area contributed by atoms with Gasteiger partial charge in [0.25, 0.3) is 0 Å². The van der Waals surface area contributed by atoms with Crippen molar-refractivity contribution in [2.45, 2.75) is 63.4 Å². The Balaban J connectivity index is 3.08. The van der Waals surface area contributed by atoms with Crippen molar-refractivity contribution in [1.82, 2.24) is 4.90 Å². The summed E-state index contributed by atoms with van der Waals surface area (Å²) in [5.74, 6) is -1.14. The van der Waals surface area contributed by atoms with Gasteiger partial charge < -0.3 is 14.6 Å². The Hall–Kier alpha value is -1.34. The molecule has 0 saturated carbocycles. The molecule has 0 aromatic rings. The van der Waals surface area contributed by atoms with Crippen LogP contribution in [0.4, 0.5) is 4.79 Å². The van der Waals surface area contributed by atoms with E-state index in [0.29, 0.717) is 0 Å². The number of hydrogen-bond donors (Lipinski definition) is 2. The van der Waals surface area contributed by atoms with Crippen molar-refractivity contribution in [3.05, 3.63) is 12.7 Å². The lowest BCUT2D eigenvalue weighted by atomic mass is 9.91. The first-order valence-electron chi connectivity index (χ1n) is 7.40. The number of carboxylic acids is 1. The van der Waals surface area contributed by atoms with Gasteiger partial charge in [-0.1, -0.05) is 26.8 Å². The lowest BCUT2D eigenvalue weighted by Gasteiger charge is -2.38. The first-order chi connectivity index (χ1) is 9.87. The highest BCUT2D eigenvalue weighted by Gasteiger charge is 2.55. The molecule has 0 radical (unpaired) electrons. The molecule has 6 nitrogen and oxygen atoms in total. The Bertz CT molecular complexity index is 471. The number of rotatable bonds is 5. The predicted molar refractivity (Wildman–Crippen MR) is 86.6 cm³/mol. The summed E-state index contributed by atoms with van der Waals surface area (Å²) in [5.41, 5.74) is -1.47. The molecule has 0 aromatic carbocycles. The Morgan fingerprint density at radius 3 is 2.32 bits per heavy atom. The van der Waals surface area contributed by atoms with Crippen LogP contribution in [0, 0.1) is 0 Å². The third kappa shape index (κ3) is 3.35. The Kier molecular flexibility index (Phi) is 5.14. The van der Waals surface area contributed by atoms with Crippen molar-refractivity contribution in [2.75, 3.05) is 6.54 Å². The highest BCUT2D eigenvalue weighted by molar-refractivity contribution is 6.74. The SMILES string of the molecule is C=CC[C@]1(C(=O)O)C[C@@H](O[Si](C)(C)C(C)(C)C)CN1C(=O)O. The molecule has 2 atom stereocenters. The monoisotopic (exact) mass is 329 g/mol. The normalized spacial score (nSPS) is 26.0. The van der Waals surface area contributed by atoms with E-state index < -0.39 is 32.0 Å². The molecule has 1 rings (SSSR count). The fraction of sp³-hybridized carbons (Fsp3) is 0.733. The van der Waals surface area contributed by atoms with E-state index in [1.165, 1.54) is 6.08 Å². The minimum absolute atomic E-state index is 0.0199. The van der Waals surface area contributed by atoms with Crippen LogP contribution < -0.4 is 0 Å². The van der Waals surface area contributed by atoms with E-state index in [4.69, 9.17) is 4.43 Å². The quantitative estimate of drug-likeness (QED) is 0.597. The van der Waals surface area contributed by atoms with Crippen LogP contribution in [0.25, 0.3) is 0 Å². The van der Waals surface area contributed by atoms with Gasteiger partial charge in [0.2, 0.25) is 0 Å². The van der Waals surface area contributed by atoms with Crippen molar-refractivity contribution in [1.29, 1.82) is 0 Å². The summed E-state index contributed by atoms with van der Waals surface area (Å²) >= 11 is 0. The molecule has 1 saturated heterocycles. The molecule has 1 aliphatic rings. The summed E-state index contributed by atoms with van der Waals surface area (Å²) < 4.78 is 6.23. The van der Waals surface area contributed by atoms with Crippen LogP contribution in [-0.4, -0.2) is 53.7 Å². The van der Waals surface area contributed by atoms with Gasteiger partial charge in [-0.05, 0) is 24.6 Å². The molecule has 1 amide bonds. The van der Waals surface area contributed by atoms with Crippen molar-refractivity contribution in [3.63, 3.8) is 0 Å². The predicted octanol–water partition coefficient (Wildman–Crippen LogP) is 3.16. The second-order valence-electron chi connectivity index (χ2n) is 7.43. The van der Waals surface area contributed by atoms with Gasteiger partial charge in [0.1, 0.15) is 5.54 Å². The zero-order valence-corrected chi connectivity index (χ0v) is 15.0. The summed E-state index contributed by atoms with van der Waals surface area (Å²) in [5, 5.41) is 19.0. The molecule has 0 aliphatic carbocycles. The highest BCUT2D eigenvalue weighted by atomic mass is 28.4. The molecule has 2 N–H and O–H groups in total. The second-order valence-corrected chi connectivity index (χ2v) is 12.2. The van der Waals surface area contributed by atoms with E-state index in [0.717, 1.165) is 4.90 Å². The third-order valence-corrected chi connectivity index (χ3v) is 9.38. The summed E-state index contributed by atoms with van der Waals surface area (Å²) in [4.78, 5) is 24.2. The van der Waals surface area contributed by atoms with Crippen LogP contribution in [0.1, 0.15) is 33.6 Å². The van der Waals surface area contributed by atoms with Crippen LogP contribution in [0.15, 0.2) is 12.7 Å². The van der Waals surface area contributed by atoms with Gasteiger partial charge in [-0.25, -0.2) is 9.59 Å². The molecular weight excluding hydrogens is 302 g/mol. The van der Waals surface area contributed by atoms with E-state index in [2.05, 4.69) is 40.4 Å². The van der Waals surface area contributed by atoms with Crippen LogP contribution >= 0.6 is 0 Å². The molecule has 1 heterocycles. The maximum Gasteiger partial charge on any atom is 0.408 e. The first kappa shape index (κ1) is 18.7. The highest BCUT2D eigenvalue weighted by Crippen LogP contribution is 2.41. The standard InChI is InChI=1S/C15H27NO5Si/c1-7-8-15(12(17)18)9-11(10-16(15)13(19)20)21-22(5,6)14(2,3)4/h7,11H,1,8-10H2,2-6H3,(H,17,18)(H,19,20)/t11-,15-/m1/s1. The third-order valence-electron chi connectivity index (χ3n) is 4.85. The molecule has 126 valence electrons. The zero-order valence-electron chi connectivity index (χ0n) is 14.0. The van der Waals surface area contributed by atoms with E-state index in [9.17, 15) is 19.8 Å². The fourth-order valence-electron chi connectivity index (χ4n) is 2.59. The molecule has 1 fully saturated rings. The molecule has 7 heteroatoms. The van der Waals surface area contributed by atoms with Crippen LogP contribution in [0.3, 0.4) is 0 Å². The van der Waals surface area contributed by atoms with Crippen LogP contribution in [0.5, 0.6) is 0 Å². The number of aliphatic carboxylic acids is 1. The number of nitrogens with zero attached hydrogens (tertiary/aromatic N) is 1. The van der Waals surface area contributed by atoms with Gasteiger partial charge >= 0.3 is 12.1 Å². The number of carboxylic acid groups (broad SMARTS) is 2. The molecular formula is C15H27NO5Si.